The van der Waals surface area contributed by atoms with Crippen LogP contribution in [0.25, 0.3) is 0 Å². The van der Waals surface area contributed by atoms with E-state index < -0.39 is 5.54 Å². The fraction of sp³-hybridized carbons (Fsp3) is 0.533. The first-order chi connectivity index (χ1) is 9.12. The highest BCUT2D eigenvalue weighted by atomic mass is 16.1. The zero-order valence-corrected chi connectivity index (χ0v) is 11.4. The van der Waals surface area contributed by atoms with Crippen molar-refractivity contribution >= 4 is 11.6 Å². The van der Waals surface area contributed by atoms with E-state index in [0.717, 1.165) is 38.0 Å². The SMILES string of the molecule is Cc1cccc(NC2(C(N)=O)CCN3CCCC32)c1. The fourth-order valence-electron chi connectivity index (χ4n) is 3.61. The van der Waals surface area contributed by atoms with E-state index in [1.54, 1.807) is 0 Å². The lowest BCUT2D eigenvalue weighted by Gasteiger charge is -2.34. The van der Waals surface area contributed by atoms with Crippen LogP contribution in [0.4, 0.5) is 5.69 Å². The summed E-state index contributed by atoms with van der Waals surface area (Å²) in [6.07, 6.45) is 3.03. The molecule has 2 aliphatic rings. The lowest BCUT2D eigenvalue weighted by Crippen LogP contribution is -2.57. The van der Waals surface area contributed by atoms with Crippen LogP contribution in [0.5, 0.6) is 0 Å². The van der Waals surface area contributed by atoms with Crippen LogP contribution in [0, 0.1) is 6.92 Å². The zero-order chi connectivity index (χ0) is 13.5. The molecule has 0 aromatic heterocycles. The first kappa shape index (κ1) is 12.5. The molecule has 3 N–H and O–H groups in total. The number of carbonyl (C=O) groups is 1. The van der Waals surface area contributed by atoms with Crippen molar-refractivity contribution in [2.75, 3.05) is 18.4 Å². The quantitative estimate of drug-likeness (QED) is 0.865. The summed E-state index contributed by atoms with van der Waals surface area (Å²) >= 11 is 0. The van der Waals surface area contributed by atoms with Gasteiger partial charge < -0.3 is 11.1 Å². The number of benzene rings is 1. The summed E-state index contributed by atoms with van der Waals surface area (Å²) in [6, 6.07) is 8.40. The summed E-state index contributed by atoms with van der Waals surface area (Å²) in [5.41, 5.74) is 7.33. The largest absolute Gasteiger partial charge is 0.370 e. The number of nitrogens with zero attached hydrogens (tertiary/aromatic N) is 1. The molecular formula is C15H21N3O. The Morgan fingerprint density at radius 3 is 3.05 bits per heavy atom. The van der Waals surface area contributed by atoms with E-state index in [1.165, 1.54) is 5.56 Å². The minimum absolute atomic E-state index is 0.219. The number of rotatable bonds is 3. The molecule has 1 aromatic rings. The molecule has 2 aliphatic heterocycles. The van der Waals surface area contributed by atoms with Gasteiger partial charge in [0.05, 0.1) is 0 Å². The molecule has 1 aromatic carbocycles. The van der Waals surface area contributed by atoms with Gasteiger partial charge in [-0.15, -0.1) is 0 Å². The van der Waals surface area contributed by atoms with Crippen molar-refractivity contribution in [3.05, 3.63) is 29.8 Å². The van der Waals surface area contributed by atoms with Crippen LogP contribution in [0.2, 0.25) is 0 Å². The number of nitrogens with two attached hydrogens (primary N) is 1. The molecular weight excluding hydrogens is 238 g/mol. The average Bonchev–Trinajstić information content (AvgIpc) is 2.93. The average molecular weight is 259 g/mol. The molecule has 0 saturated carbocycles. The van der Waals surface area contributed by atoms with Gasteiger partial charge in [-0.05, 0) is 50.4 Å². The third kappa shape index (κ3) is 2.00. The molecule has 0 spiro atoms. The predicted octanol–water partition coefficient (Wildman–Crippen LogP) is 1.50. The highest BCUT2D eigenvalue weighted by molar-refractivity contribution is 5.89. The van der Waals surface area contributed by atoms with E-state index in [-0.39, 0.29) is 11.9 Å². The Bertz CT molecular complexity index is 502. The lowest BCUT2D eigenvalue weighted by atomic mass is 9.87. The van der Waals surface area contributed by atoms with Gasteiger partial charge in [0.15, 0.2) is 0 Å². The third-order valence-electron chi connectivity index (χ3n) is 4.55. The van der Waals surface area contributed by atoms with Gasteiger partial charge >= 0.3 is 0 Å². The van der Waals surface area contributed by atoms with Crippen LogP contribution in [-0.4, -0.2) is 35.5 Å². The van der Waals surface area contributed by atoms with E-state index in [2.05, 4.69) is 29.3 Å². The van der Waals surface area contributed by atoms with Gasteiger partial charge in [0.25, 0.3) is 0 Å². The molecule has 3 rings (SSSR count). The van der Waals surface area contributed by atoms with E-state index >= 15 is 0 Å². The summed E-state index contributed by atoms with van der Waals surface area (Å²) in [5.74, 6) is -0.219. The predicted molar refractivity (Wildman–Crippen MR) is 75.9 cm³/mol. The van der Waals surface area contributed by atoms with Crippen LogP contribution in [0.1, 0.15) is 24.8 Å². The van der Waals surface area contributed by atoms with Crippen LogP contribution < -0.4 is 11.1 Å². The second-order valence-corrected chi connectivity index (χ2v) is 5.77. The van der Waals surface area contributed by atoms with Gasteiger partial charge in [-0.2, -0.15) is 0 Å². The van der Waals surface area contributed by atoms with E-state index in [4.69, 9.17) is 5.73 Å². The molecule has 2 fully saturated rings. The van der Waals surface area contributed by atoms with Gasteiger partial charge in [-0.25, -0.2) is 0 Å². The van der Waals surface area contributed by atoms with Crippen molar-refractivity contribution in [1.82, 2.24) is 4.90 Å². The highest BCUT2D eigenvalue weighted by Crippen LogP contribution is 2.38. The molecule has 0 radical (unpaired) electrons. The summed E-state index contributed by atoms with van der Waals surface area (Å²) in [4.78, 5) is 14.5. The zero-order valence-electron chi connectivity index (χ0n) is 11.4. The van der Waals surface area contributed by atoms with Crippen LogP contribution in [-0.2, 0) is 4.79 Å². The normalized spacial score (nSPS) is 30.3. The summed E-state index contributed by atoms with van der Waals surface area (Å²) < 4.78 is 0. The smallest absolute Gasteiger partial charge is 0.244 e. The van der Waals surface area contributed by atoms with Gasteiger partial charge in [0.2, 0.25) is 5.91 Å². The van der Waals surface area contributed by atoms with Crippen molar-refractivity contribution in [3.8, 4) is 0 Å². The lowest BCUT2D eigenvalue weighted by molar-refractivity contribution is -0.122. The van der Waals surface area contributed by atoms with Gasteiger partial charge in [0.1, 0.15) is 5.54 Å². The monoisotopic (exact) mass is 259 g/mol. The van der Waals surface area contributed by atoms with E-state index in [1.807, 2.05) is 12.1 Å². The van der Waals surface area contributed by atoms with E-state index in [9.17, 15) is 4.79 Å². The number of amides is 1. The van der Waals surface area contributed by atoms with Crippen molar-refractivity contribution in [3.63, 3.8) is 0 Å². The maximum absolute atomic E-state index is 12.1. The van der Waals surface area contributed by atoms with Crippen molar-refractivity contribution in [2.24, 2.45) is 5.73 Å². The number of nitrogens with one attached hydrogen (secondary N) is 1. The molecule has 4 heteroatoms. The van der Waals surface area contributed by atoms with Gasteiger partial charge in [0, 0.05) is 18.3 Å². The summed E-state index contributed by atoms with van der Waals surface area (Å²) in [5, 5.41) is 3.45. The maximum atomic E-state index is 12.1. The number of anilines is 1. The maximum Gasteiger partial charge on any atom is 0.244 e. The Morgan fingerprint density at radius 1 is 1.47 bits per heavy atom. The minimum Gasteiger partial charge on any atom is -0.370 e. The van der Waals surface area contributed by atoms with Crippen molar-refractivity contribution in [1.29, 1.82) is 0 Å². The molecule has 4 nitrogen and oxygen atoms in total. The van der Waals surface area contributed by atoms with E-state index in [0.29, 0.717) is 0 Å². The number of carbonyl (C=O) groups excluding carboxylic acids is 1. The second kappa shape index (κ2) is 4.53. The molecule has 0 aliphatic carbocycles. The number of primary amides is 1. The molecule has 1 amide bonds. The molecule has 0 bridgehead atoms. The molecule has 2 saturated heterocycles. The fourth-order valence-corrected chi connectivity index (χ4v) is 3.61. The molecule has 19 heavy (non-hydrogen) atoms. The third-order valence-corrected chi connectivity index (χ3v) is 4.55. The molecule has 2 unspecified atom stereocenters. The summed E-state index contributed by atoms with van der Waals surface area (Å²) in [7, 11) is 0. The minimum atomic E-state index is -0.593. The number of fused-ring (bicyclic) bond motifs is 1. The Hall–Kier alpha value is -1.55. The first-order valence-corrected chi connectivity index (χ1v) is 7.01. The Morgan fingerprint density at radius 2 is 2.32 bits per heavy atom. The molecule has 102 valence electrons. The molecule has 2 heterocycles. The first-order valence-electron chi connectivity index (χ1n) is 7.01. The Balaban J connectivity index is 1.91. The topological polar surface area (TPSA) is 58.4 Å². The standard InChI is InChI=1S/C15H21N3O/c1-11-4-2-5-12(10-11)17-15(14(16)19)7-9-18-8-3-6-13(15)18/h2,4-5,10,13,17H,3,6-9H2,1H3,(H2,16,19). The second-order valence-electron chi connectivity index (χ2n) is 5.77. The van der Waals surface area contributed by atoms with Crippen LogP contribution >= 0.6 is 0 Å². The Kier molecular flexibility index (Phi) is 2.97. The number of hydrogen-bond donors (Lipinski definition) is 2. The highest BCUT2D eigenvalue weighted by Gasteiger charge is 2.53. The number of hydrogen-bond acceptors (Lipinski definition) is 3. The summed E-state index contributed by atoms with van der Waals surface area (Å²) in [6.45, 7) is 4.11. The van der Waals surface area contributed by atoms with Gasteiger partial charge in [-0.1, -0.05) is 12.1 Å². The molecule has 2 atom stereocenters. The van der Waals surface area contributed by atoms with Crippen LogP contribution in [0.15, 0.2) is 24.3 Å². The van der Waals surface area contributed by atoms with Crippen molar-refractivity contribution in [2.45, 2.75) is 37.8 Å². The van der Waals surface area contributed by atoms with Crippen molar-refractivity contribution < 1.29 is 4.79 Å². The van der Waals surface area contributed by atoms with Crippen LogP contribution in [0.3, 0.4) is 0 Å². The number of aryl methyl sites for hydroxylation is 1. The van der Waals surface area contributed by atoms with Gasteiger partial charge in [-0.3, -0.25) is 9.69 Å². The Labute approximate surface area is 114 Å².